The van der Waals surface area contributed by atoms with Crippen LogP contribution in [-0.4, -0.2) is 29.9 Å². The van der Waals surface area contributed by atoms with E-state index in [1.54, 1.807) is 0 Å². The van der Waals surface area contributed by atoms with Crippen LogP contribution in [0, 0.1) is 0 Å². The van der Waals surface area contributed by atoms with Crippen LogP contribution in [0.1, 0.15) is 18.9 Å². The smallest absolute Gasteiger partial charge is 0.322 e. The van der Waals surface area contributed by atoms with Gasteiger partial charge >= 0.3 is 6.03 Å². The van der Waals surface area contributed by atoms with Crippen LogP contribution in [0.3, 0.4) is 0 Å². The van der Waals surface area contributed by atoms with Crippen molar-refractivity contribution in [1.29, 1.82) is 0 Å². The predicted octanol–water partition coefficient (Wildman–Crippen LogP) is 2.00. The zero-order valence-electron chi connectivity index (χ0n) is 14.5. The van der Waals surface area contributed by atoms with E-state index in [0.717, 1.165) is 16.7 Å². The van der Waals surface area contributed by atoms with Gasteiger partial charge in [0.2, 0.25) is 5.91 Å². The maximum atomic E-state index is 12.1. The van der Waals surface area contributed by atoms with Crippen molar-refractivity contribution in [2.45, 2.75) is 25.3 Å². The molecule has 134 valence electrons. The number of benzene rings is 2. The standard InChI is InChI=1S/C20H21N3O3/c1-20(18(25)22-19(26)23-20)13-17(24)21-11-10-14-6-5-9-16(12-14)15-7-3-2-4-8-15/h2-9,12H,10-11,13H2,1H3,(H,21,24)(H2,22,23,25,26). The lowest BCUT2D eigenvalue weighted by Gasteiger charge is -2.19. The van der Waals surface area contributed by atoms with E-state index in [2.05, 4.69) is 40.2 Å². The first kappa shape index (κ1) is 17.7. The Balaban J connectivity index is 1.53. The molecule has 1 fully saturated rings. The summed E-state index contributed by atoms with van der Waals surface area (Å²) in [5.74, 6) is -0.753. The number of carbonyl (C=O) groups is 3. The summed E-state index contributed by atoms with van der Waals surface area (Å²) >= 11 is 0. The summed E-state index contributed by atoms with van der Waals surface area (Å²) in [6.07, 6.45) is 0.594. The molecule has 0 saturated carbocycles. The largest absolute Gasteiger partial charge is 0.356 e. The summed E-state index contributed by atoms with van der Waals surface area (Å²) in [5, 5.41) is 7.44. The van der Waals surface area contributed by atoms with Gasteiger partial charge in [-0.25, -0.2) is 4.79 Å². The molecule has 1 aliphatic heterocycles. The number of hydrogen-bond acceptors (Lipinski definition) is 3. The molecule has 0 bridgehead atoms. The molecule has 4 amide bonds. The maximum Gasteiger partial charge on any atom is 0.322 e. The summed E-state index contributed by atoms with van der Waals surface area (Å²) in [7, 11) is 0. The van der Waals surface area contributed by atoms with Crippen molar-refractivity contribution in [2.75, 3.05) is 6.54 Å². The fraction of sp³-hybridized carbons (Fsp3) is 0.250. The summed E-state index contributed by atoms with van der Waals surface area (Å²) in [4.78, 5) is 35.1. The van der Waals surface area contributed by atoms with E-state index in [4.69, 9.17) is 0 Å². The quantitative estimate of drug-likeness (QED) is 0.696. The number of carbonyl (C=O) groups excluding carboxylic acids is 3. The number of imide groups is 1. The van der Waals surface area contributed by atoms with Gasteiger partial charge in [0, 0.05) is 6.54 Å². The van der Waals surface area contributed by atoms with E-state index >= 15 is 0 Å². The Labute approximate surface area is 152 Å². The van der Waals surface area contributed by atoms with Gasteiger partial charge in [0.05, 0.1) is 6.42 Å². The molecule has 0 spiro atoms. The van der Waals surface area contributed by atoms with Gasteiger partial charge in [0.1, 0.15) is 5.54 Å². The molecule has 1 aliphatic rings. The Hall–Kier alpha value is -3.15. The predicted molar refractivity (Wildman–Crippen MR) is 98.3 cm³/mol. The van der Waals surface area contributed by atoms with Crippen LogP contribution in [0.15, 0.2) is 54.6 Å². The average Bonchev–Trinajstić information content (AvgIpc) is 2.87. The van der Waals surface area contributed by atoms with Crippen molar-refractivity contribution in [3.63, 3.8) is 0 Å². The van der Waals surface area contributed by atoms with Crippen molar-refractivity contribution < 1.29 is 14.4 Å². The summed E-state index contributed by atoms with van der Waals surface area (Å²) in [5.41, 5.74) is 2.21. The monoisotopic (exact) mass is 351 g/mol. The van der Waals surface area contributed by atoms with Gasteiger partial charge in [0.15, 0.2) is 0 Å². The highest BCUT2D eigenvalue weighted by Crippen LogP contribution is 2.20. The molecule has 6 nitrogen and oxygen atoms in total. The molecule has 2 aromatic carbocycles. The van der Waals surface area contributed by atoms with Crippen LogP contribution < -0.4 is 16.0 Å². The van der Waals surface area contributed by atoms with Gasteiger partial charge in [-0.1, -0.05) is 54.6 Å². The zero-order valence-corrected chi connectivity index (χ0v) is 14.5. The minimum absolute atomic E-state index is 0.0887. The van der Waals surface area contributed by atoms with Crippen LogP contribution in [0.4, 0.5) is 4.79 Å². The molecule has 0 aromatic heterocycles. The molecule has 3 rings (SSSR count). The first-order chi connectivity index (χ1) is 12.5. The van der Waals surface area contributed by atoms with Gasteiger partial charge in [-0.3, -0.25) is 14.9 Å². The number of urea groups is 1. The highest BCUT2D eigenvalue weighted by Gasteiger charge is 2.43. The second-order valence-electron chi connectivity index (χ2n) is 6.58. The van der Waals surface area contributed by atoms with Gasteiger partial charge in [0.25, 0.3) is 5.91 Å². The fourth-order valence-electron chi connectivity index (χ4n) is 2.97. The number of hydrogen-bond donors (Lipinski definition) is 3. The van der Waals surface area contributed by atoms with E-state index in [1.165, 1.54) is 6.92 Å². The van der Waals surface area contributed by atoms with Gasteiger partial charge < -0.3 is 10.6 Å². The molecule has 1 atom stereocenters. The zero-order chi connectivity index (χ0) is 18.6. The fourth-order valence-corrected chi connectivity index (χ4v) is 2.97. The first-order valence-corrected chi connectivity index (χ1v) is 8.51. The highest BCUT2D eigenvalue weighted by atomic mass is 16.2. The molecule has 6 heteroatoms. The van der Waals surface area contributed by atoms with Crippen LogP contribution in [0.5, 0.6) is 0 Å². The Morgan fingerprint density at radius 3 is 2.46 bits per heavy atom. The normalized spacial score (nSPS) is 19.0. The van der Waals surface area contributed by atoms with Crippen molar-refractivity contribution in [3.05, 3.63) is 60.2 Å². The van der Waals surface area contributed by atoms with E-state index < -0.39 is 17.5 Å². The molecule has 1 unspecified atom stereocenters. The van der Waals surface area contributed by atoms with Crippen molar-refractivity contribution >= 4 is 17.8 Å². The van der Waals surface area contributed by atoms with E-state index in [9.17, 15) is 14.4 Å². The molecule has 2 aromatic rings. The Morgan fingerprint density at radius 1 is 1.04 bits per heavy atom. The third kappa shape index (κ3) is 4.08. The molecule has 1 heterocycles. The molecule has 0 radical (unpaired) electrons. The van der Waals surface area contributed by atoms with Gasteiger partial charge in [-0.2, -0.15) is 0 Å². The topological polar surface area (TPSA) is 87.3 Å². The van der Waals surface area contributed by atoms with Crippen molar-refractivity contribution in [1.82, 2.24) is 16.0 Å². The van der Waals surface area contributed by atoms with Crippen molar-refractivity contribution in [3.8, 4) is 11.1 Å². The molecule has 26 heavy (non-hydrogen) atoms. The number of amides is 4. The average molecular weight is 351 g/mol. The second kappa shape index (κ2) is 7.39. The minimum atomic E-state index is -1.19. The minimum Gasteiger partial charge on any atom is -0.356 e. The molecular formula is C20H21N3O3. The third-order valence-electron chi connectivity index (χ3n) is 4.40. The summed E-state index contributed by atoms with van der Waals surface area (Å²) in [6.45, 7) is 2.00. The second-order valence-corrected chi connectivity index (χ2v) is 6.58. The van der Waals surface area contributed by atoms with E-state index in [0.29, 0.717) is 13.0 Å². The summed E-state index contributed by atoms with van der Waals surface area (Å²) in [6, 6.07) is 17.7. The lowest BCUT2D eigenvalue weighted by Crippen LogP contribution is -2.47. The van der Waals surface area contributed by atoms with E-state index in [1.807, 2.05) is 30.3 Å². The van der Waals surface area contributed by atoms with Crippen LogP contribution in [0.2, 0.25) is 0 Å². The maximum absolute atomic E-state index is 12.1. The Morgan fingerprint density at radius 2 is 1.77 bits per heavy atom. The van der Waals surface area contributed by atoms with Crippen LogP contribution in [0.25, 0.3) is 11.1 Å². The molecule has 0 aliphatic carbocycles. The highest BCUT2D eigenvalue weighted by molar-refractivity contribution is 6.08. The molecule has 1 saturated heterocycles. The Bertz CT molecular complexity index is 835. The molecule has 3 N–H and O–H groups in total. The lowest BCUT2D eigenvalue weighted by atomic mass is 9.98. The SMILES string of the molecule is CC1(CC(=O)NCCc2cccc(-c3ccccc3)c2)NC(=O)NC1=O. The summed E-state index contributed by atoms with van der Waals surface area (Å²) < 4.78 is 0. The van der Waals surface area contributed by atoms with Gasteiger partial charge in [-0.15, -0.1) is 0 Å². The number of rotatable bonds is 6. The third-order valence-corrected chi connectivity index (χ3v) is 4.40. The Kier molecular flexibility index (Phi) is 5.02. The van der Waals surface area contributed by atoms with Gasteiger partial charge in [-0.05, 0) is 30.0 Å². The van der Waals surface area contributed by atoms with Crippen LogP contribution >= 0.6 is 0 Å². The number of nitrogens with one attached hydrogen (secondary N) is 3. The molecular weight excluding hydrogens is 330 g/mol. The van der Waals surface area contributed by atoms with E-state index in [-0.39, 0.29) is 12.3 Å². The van der Waals surface area contributed by atoms with Crippen molar-refractivity contribution in [2.24, 2.45) is 0 Å². The lowest BCUT2D eigenvalue weighted by molar-refractivity contribution is -0.129. The van der Waals surface area contributed by atoms with Crippen LogP contribution in [-0.2, 0) is 16.0 Å². The first-order valence-electron chi connectivity index (χ1n) is 8.51.